The maximum absolute atomic E-state index is 10.9. The van der Waals surface area contributed by atoms with Crippen molar-refractivity contribution in [3.05, 3.63) is 54.2 Å². The molecule has 1 amide bonds. The summed E-state index contributed by atoms with van der Waals surface area (Å²) in [5, 5.41) is 0. The monoisotopic (exact) mass is 227 g/mol. The fourth-order valence-electron chi connectivity index (χ4n) is 1.56. The van der Waals surface area contributed by atoms with Crippen molar-refractivity contribution < 1.29 is 4.79 Å². The molecule has 0 radical (unpaired) electrons. The Morgan fingerprint density at radius 1 is 1.12 bits per heavy atom. The van der Waals surface area contributed by atoms with Gasteiger partial charge in [-0.25, -0.2) is 0 Å². The van der Waals surface area contributed by atoms with Crippen LogP contribution in [0.4, 0.5) is 0 Å². The molecule has 4 N–H and O–H groups in total. The van der Waals surface area contributed by atoms with Gasteiger partial charge >= 0.3 is 0 Å². The molecule has 1 aromatic carbocycles. The molecule has 4 nitrogen and oxygen atoms in total. The van der Waals surface area contributed by atoms with Gasteiger partial charge in [-0.15, -0.1) is 0 Å². The van der Waals surface area contributed by atoms with Gasteiger partial charge < -0.3 is 11.5 Å². The maximum atomic E-state index is 10.9. The van der Waals surface area contributed by atoms with Crippen molar-refractivity contribution in [1.82, 2.24) is 4.98 Å². The van der Waals surface area contributed by atoms with Gasteiger partial charge in [0.2, 0.25) is 5.91 Å². The normalized spacial score (nSPS) is 12.1. The highest BCUT2D eigenvalue weighted by atomic mass is 16.1. The smallest absolute Gasteiger partial charge is 0.238 e. The molecular weight excluding hydrogens is 214 g/mol. The first-order chi connectivity index (χ1) is 8.18. The summed E-state index contributed by atoms with van der Waals surface area (Å²) in [7, 11) is 0. The third-order valence-corrected chi connectivity index (χ3v) is 2.54. The minimum atomic E-state index is -0.757. The molecule has 1 heterocycles. The number of primary amides is 1. The maximum Gasteiger partial charge on any atom is 0.238 e. The van der Waals surface area contributed by atoms with Gasteiger partial charge in [0.1, 0.15) is 6.04 Å². The first kappa shape index (κ1) is 11.3. The molecular formula is C13H13N3O. The first-order valence-corrected chi connectivity index (χ1v) is 5.25. The van der Waals surface area contributed by atoms with Crippen LogP contribution in [-0.4, -0.2) is 10.9 Å². The number of hydrogen-bond donors (Lipinski definition) is 2. The molecule has 1 unspecified atom stereocenters. The second-order valence-electron chi connectivity index (χ2n) is 3.72. The van der Waals surface area contributed by atoms with Gasteiger partial charge in [-0.05, 0) is 17.7 Å². The summed E-state index contributed by atoms with van der Waals surface area (Å²) in [5.41, 5.74) is 13.3. The van der Waals surface area contributed by atoms with E-state index in [9.17, 15) is 4.79 Å². The van der Waals surface area contributed by atoms with E-state index in [0.29, 0.717) is 5.56 Å². The third kappa shape index (κ3) is 2.49. The minimum absolute atomic E-state index is 0.532. The van der Waals surface area contributed by atoms with Crippen molar-refractivity contribution in [3.63, 3.8) is 0 Å². The van der Waals surface area contributed by atoms with Crippen molar-refractivity contribution in [1.29, 1.82) is 0 Å². The molecule has 86 valence electrons. The van der Waals surface area contributed by atoms with Crippen LogP contribution >= 0.6 is 0 Å². The van der Waals surface area contributed by atoms with Gasteiger partial charge in [0.15, 0.2) is 0 Å². The van der Waals surface area contributed by atoms with E-state index in [2.05, 4.69) is 4.98 Å². The summed E-state index contributed by atoms with van der Waals surface area (Å²) in [5.74, 6) is -0.532. The molecule has 0 aliphatic carbocycles. The second kappa shape index (κ2) is 4.76. The van der Waals surface area contributed by atoms with Crippen LogP contribution in [0.1, 0.15) is 11.6 Å². The molecule has 0 fully saturated rings. The van der Waals surface area contributed by atoms with Gasteiger partial charge in [-0.2, -0.15) is 0 Å². The zero-order chi connectivity index (χ0) is 12.3. The number of carbonyl (C=O) groups is 1. The predicted octanol–water partition coefficient (Wildman–Crippen LogP) is 1.23. The molecule has 17 heavy (non-hydrogen) atoms. The largest absolute Gasteiger partial charge is 0.368 e. The molecule has 0 bridgehead atoms. The van der Waals surface area contributed by atoms with E-state index in [0.717, 1.165) is 11.3 Å². The van der Waals surface area contributed by atoms with Crippen LogP contribution in [0.3, 0.4) is 0 Å². The predicted molar refractivity (Wildman–Crippen MR) is 65.8 cm³/mol. The standard InChI is InChI=1S/C13H13N3O/c14-12(13(15)17)10-6-4-9(5-7-10)11-3-1-2-8-16-11/h1-8,12H,14H2,(H2,15,17). The molecule has 0 spiro atoms. The van der Waals surface area contributed by atoms with Crippen LogP contribution in [0, 0.1) is 0 Å². The Kier molecular flexibility index (Phi) is 3.16. The van der Waals surface area contributed by atoms with Crippen LogP contribution in [0.5, 0.6) is 0 Å². The van der Waals surface area contributed by atoms with E-state index in [1.54, 1.807) is 18.3 Å². The number of amides is 1. The molecule has 1 aromatic heterocycles. The summed E-state index contributed by atoms with van der Waals surface area (Å²) in [4.78, 5) is 15.2. The van der Waals surface area contributed by atoms with Crippen LogP contribution in [0.2, 0.25) is 0 Å². The highest BCUT2D eigenvalue weighted by Gasteiger charge is 2.11. The van der Waals surface area contributed by atoms with E-state index in [1.165, 1.54) is 0 Å². The average molecular weight is 227 g/mol. The Morgan fingerprint density at radius 2 is 1.82 bits per heavy atom. The van der Waals surface area contributed by atoms with Crippen molar-refractivity contribution in [2.24, 2.45) is 11.5 Å². The number of benzene rings is 1. The van der Waals surface area contributed by atoms with E-state index in [1.807, 2.05) is 30.3 Å². The number of carbonyl (C=O) groups excluding carboxylic acids is 1. The fourth-order valence-corrected chi connectivity index (χ4v) is 1.56. The molecule has 4 heteroatoms. The number of hydrogen-bond acceptors (Lipinski definition) is 3. The van der Waals surface area contributed by atoms with Crippen LogP contribution < -0.4 is 11.5 Å². The zero-order valence-corrected chi connectivity index (χ0v) is 9.21. The molecule has 2 aromatic rings. The van der Waals surface area contributed by atoms with Gasteiger partial charge in [0.25, 0.3) is 0 Å². The van der Waals surface area contributed by atoms with Gasteiger partial charge in [-0.1, -0.05) is 30.3 Å². The Morgan fingerprint density at radius 3 is 2.35 bits per heavy atom. The lowest BCUT2D eigenvalue weighted by Gasteiger charge is -2.08. The number of aromatic nitrogens is 1. The van der Waals surface area contributed by atoms with Gasteiger partial charge in [0.05, 0.1) is 5.69 Å². The van der Waals surface area contributed by atoms with Gasteiger partial charge in [0, 0.05) is 11.8 Å². The number of rotatable bonds is 3. The topological polar surface area (TPSA) is 82.0 Å². The summed E-state index contributed by atoms with van der Waals surface area (Å²) >= 11 is 0. The lowest BCUT2D eigenvalue weighted by atomic mass is 10.0. The first-order valence-electron chi connectivity index (χ1n) is 5.25. The molecule has 2 rings (SSSR count). The Balaban J connectivity index is 2.28. The lowest BCUT2D eigenvalue weighted by molar-refractivity contribution is -0.119. The summed E-state index contributed by atoms with van der Waals surface area (Å²) in [6.07, 6.45) is 1.73. The SMILES string of the molecule is NC(=O)C(N)c1ccc(-c2ccccn2)cc1. The molecule has 1 atom stereocenters. The van der Waals surface area contributed by atoms with Crippen molar-refractivity contribution >= 4 is 5.91 Å². The van der Waals surface area contributed by atoms with Crippen LogP contribution in [0.15, 0.2) is 48.7 Å². The van der Waals surface area contributed by atoms with Crippen molar-refractivity contribution in [2.75, 3.05) is 0 Å². The van der Waals surface area contributed by atoms with Gasteiger partial charge in [-0.3, -0.25) is 9.78 Å². The summed E-state index contributed by atoms with van der Waals surface area (Å²) in [6, 6.07) is 12.3. The fraction of sp³-hybridized carbons (Fsp3) is 0.0769. The number of nitrogens with zero attached hydrogens (tertiary/aromatic N) is 1. The third-order valence-electron chi connectivity index (χ3n) is 2.54. The average Bonchev–Trinajstić information content (AvgIpc) is 2.39. The number of nitrogens with two attached hydrogens (primary N) is 2. The minimum Gasteiger partial charge on any atom is -0.368 e. The Labute approximate surface area is 99.3 Å². The second-order valence-corrected chi connectivity index (χ2v) is 3.72. The quantitative estimate of drug-likeness (QED) is 0.827. The van der Waals surface area contributed by atoms with Crippen LogP contribution in [0.25, 0.3) is 11.3 Å². The highest BCUT2D eigenvalue weighted by molar-refractivity contribution is 5.81. The Bertz CT molecular complexity index is 508. The van der Waals surface area contributed by atoms with Crippen LogP contribution in [-0.2, 0) is 4.79 Å². The summed E-state index contributed by atoms with van der Waals surface area (Å²) in [6.45, 7) is 0. The van der Waals surface area contributed by atoms with Crippen molar-refractivity contribution in [2.45, 2.75) is 6.04 Å². The zero-order valence-electron chi connectivity index (χ0n) is 9.21. The van der Waals surface area contributed by atoms with Crippen molar-refractivity contribution in [3.8, 4) is 11.3 Å². The van der Waals surface area contributed by atoms with E-state index in [-0.39, 0.29) is 0 Å². The van der Waals surface area contributed by atoms with E-state index < -0.39 is 11.9 Å². The molecule has 0 aliphatic heterocycles. The highest BCUT2D eigenvalue weighted by Crippen LogP contribution is 2.19. The molecule has 0 saturated carbocycles. The van der Waals surface area contributed by atoms with E-state index >= 15 is 0 Å². The summed E-state index contributed by atoms with van der Waals surface area (Å²) < 4.78 is 0. The lowest BCUT2D eigenvalue weighted by Crippen LogP contribution is -2.28. The Hall–Kier alpha value is -2.20. The molecule has 0 saturated heterocycles. The van der Waals surface area contributed by atoms with E-state index in [4.69, 9.17) is 11.5 Å². The number of pyridine rings is 1. The molecule has 0 aliphatic rings.